The van der Waals surface area contributed by atoms with Gasteiger partial charge in [0.1, 0.15) is 0 Å². The first-order valence-electron chi connectivity index (χ1n) is 5.62. The van der Waals surface area contributed by atoms with E-state index >= 15 is 0 Å². The number of esters is 1. The molecule has 3 heteroatoms. The molecule has 0 aliphatic carbocycles. The van der Waals surface area contributed by atoms with E-state index < -0.39 is 5.41 Å². The van der Waals surface area contributed by atoms with E-state index in [1.54, 1.807) is 13.8 Å². The van der Waals surface area contributed by atoms with Gasteiger partial charge in [-0.05, 0) is 26.2 Å². The van der Waals surface area contributed by atoms with Crippen molar-refractivity contribution in [3.05, 3.63) is 0 Å². The van der Waals surface area contributed by atoms with E-state index in [4.69, 9.17) is 10.00 Å². The van der Waals surface area contributed by atoms with Crippen LogP contribution in [0, 0.1) is 22.7 Å². The summed E-state index contributed by atoms with van der Waals surface area (Å²) in [7, 11) is 0. The molecule has 1 unspecified atom stereocenters. The molecule has 0 aliphatic heterocycles. The Morgan fingerprint density at radius 2 is 1.93 bits per heavy atom. The van der Waals surface area contributed by atoms with Crippen molar-refractivity contribution in [3.63, 3.8) is 0 Å². The van der Waals surface area contributed by atoms with Crippen LogP contribution in [0.2, 0.25) is 0 Å². The van der Waals surface area contributed by atoms with Crippen LogP contribution in [0.5, 0.6) is 0 Å². The molecule has 86 valence electrons. The molecule has 0 N–H and O–H groups in total. The van der Waals surface area contributed by atoms with E-state index in [-0.39, 0.29) is 5.97 Å². The summed E-state index contributed by atoms with van der Waals surface area (Å²) in [6, 6.07) is 2.09. The molecule has 0 rings (SSSR count). The lowest BCUT2D eigenvalue weighted by Gasteiger charge is -2.23. The minimum Gasteiger partial charge on any atom is -0.465 e. The van der Waals surface area contributed by atoms with Crippen molar-refractivity contribution in [1.82, 2.24) is 0 Å². The highest BCUT2D eigenvalue weighted by Crippen LogP contribution is 2.30. The molecule has 1 atom stereocenters. The Morgan fingerprint density at radius 1 is 1.40 bits per heavy atom. The monoisotopic (exact) mass is 211 g/mol. The molecule has 0 aromatic carbocycles. The van der Waals surface area contributed by atoms with Gasteiger partial charge in [-0.3, -0.25) is 4.79 Å². The van der Waals surface area contributed by atoms with E-state index in [1.807, 2.05) is 0 Å². The molecule has 0 aromatic heterocycles. The minimum atomic E-state index is -0.979. The van der Waals surface area contributed by atoms with E-state index in [9.17, 15) is 4.79 Å². The van der Waals surface area contributed by atoms with Crippen molar-refractivity contribution in [2.75, 3.05) is 6.61 Å². The van der Waals surface area contributed by atoms with Crippen LogP contribution in [0.1, 0.15) is 47.0 Å². The van der Waals surface area contributed by atoms with Crippen LogP contribution in [0.4, 0.5) is 0 Å². The highest BCUT2D eigenvalue weighted by molar-refractivity contribution is 5.79. The summed E-state index contributed by atoms with van der Waals surface area (Å²) < 4.78 is 4.93. The highest BCUT2D eigenvalue weighted by Gasteiger charge is 2.36. The predicted molar refractivity (Wildman–Crippen MR) is 59.0 cm³/mol. The normalized spacial score (nSPS) is 14.4. The molecule has 0 heterocycles. The molecular formula is C12H21NO2. The van der Waals surface area contributed by atoms with Crippen LogP contribution in [0.3, 0.4) is 0 Å². The van der Waals surface area contributed by atoms with Gasteiger partial charge in [0, 0.05) is 0 Å². The summed E-state index contributed by atoms with van der Waals surface area (Å²) in [4.78, 5) is 11.6. The Hall–Kier alpha value is -1.04. The second-order valence-corrected chi connectivity index (χ2v) is 4.05. The van der Waals surface area contributed by atoms with E-state index in [0.29, 0.717) is 18.9 Å². The Kier molecular flexibility index (Phi) is 6.00. The van der Waals surface area contributed by atoms with Gasteiger partial charge < -0.3 is 4.74 Å². The molecular weight excluding hydrogens is 190 g/mol. The summed E-state index contributed by atoms with van der Waals surface area (Å²) >= 11 is 0. The third-order valence-corrected chi connectivity index (χ3v) is 2.82. The molecule has 0 aliphatic rings. The van der Waals surface area contributed by atoms with Crippen molar-refractivity contribution in [1.29, 1.82) is 5.26 Å². The van der Waals surface area contributed by atoms with Gasteiger partial charge in [-0.1, -0.05) is 26.7 Å². The number of hydrogen-bond donors (Lipinski definition) is 0. The average molecular weight is 211 g/mol. The minimum absolute atomic E-state index is 0.332. The molecule has 0 amide bonds. The summed E-state index contributed by atoms with van der Waals surface area (Å²) in [6.07, 6.45) is 2.58. The van der Waals surface area contributed by atoms with Crippen molar-refractivity contribution in [3.8, 4) is 6.07 Å². The molecule has 0 fully saturated rings. The van der Waals surface area contributed by atoms with E-state index in [0.717, 1.165) is 12.8 Å². The molecule has 3 nitrogen and oxygen atoms in total. The lowest BCUT2D eigenvalue weighted by atomic mass is 9.80. The fourth-order valence-corrected chi connectivity index (χ4v) is 1.62. The van der Waals surface area contributed by atoms with Gasteiger partial charge >= 0.3 is 5.97 Å². The maximum atomic E-state index is 11.6. The zero-order chi connectivity index (χ0) is 11.9. The lowest BCUT2D eigenvalue weighted by molar-refractivity contribution is -0.152. The summed E-state index contributed by atoms with van der Waals surface area (Å²) in [5.74, 6) is 0.0263. The number of hydrogen-bond acceptors (Lipinski definition) is 3. The van der Waals surface area contributed by atoms with Crippen LogP contribution >= 0.6 is 0 Å². The first kappa shape index (κ1) is 14.0. The maximum absolute atomic E-state index is 11.6. The van der Waals surface area contributed by atoms with Crippen LogP contribution in [0.25, 0.3) is 0 Å². The van der Waals surface area contributed by atoms with Gasteiger partial charge in [0.15, 0.2) is 5.41 Å². The summed E-state index contributed by atoms with van der Waals surface area (Å²) in [5.41, 5.74) is -0.979. The topological polar surface area (TPSA) is 50.1 Å². The highest BCUT2D eigenvalue weighted by atomic mass is 16.5. The van der Waals surface area contributed by atoms with Gasteiger partial charge in [0.05, 0.1) is 12.7 Å². The molecule has 15 heavy (non-hydrogen) atoms. The zero-order valence-corrected chi connectivity index (χ0v) is 10.2. The standard InChI is InChI=1S/C12H21NO2/c1-5-10(6-2)8-12(4,9-13)11(14)15-7-3/h10H,5-8H2,1-4H3. The van der Waals surface area contributed by atoms with Gasteiger partial charge in [-0.15, -0.1) is 0 Å². The molecule has 0 radical (unpaired) electrons. The van der Waals surface area contributed by atoms with Crippen molar-refractivity contribution in [2.45, 2.75) is 47.0 Å². The van der Waals surface area contributed by atoms with Gasteiger partial charge in [0.25, 0.3) is 0 Å². The summed E-state index contributed by atoms with van der Waals surface area (Å²) in [6.45, 7) is 7.92. The average Bonchev–Trinajstić information content (AvgIpc) is 2.25. The Bertz CT molecular complexity index is 240. The number of carbonyl (C=O) groups excluding carboxylic acids is 1. The number of rotatable bonds is 6. The van der Waals surface area contributed by atoms with Crippen LogP contribution < -0.4 is 0 Å². The molecule has 0 spiro atoms. The first-order chi connectivity index (χ1) is 7.03. The summed E-state index contributed by atoms with van der Waals surface area (Å²) in [5, 5.41) is 9.07. The van der Waals surface area contributed by atoms with E-state index in [1.165, 1.54) is 0 Å². The van der Waals surface area contributed by atoms with Crippen molar-refractivity contribution >= 4 is 5.97 Å². The fraction of sp³-hybridized carbons (Fsp3) is 0.833. The largest absolute Gasteiger partial charge is 0.465 e. The maximum Gasteiger partial charge on any atom is 0.326 e. The lowest BCUT2D eigenvalue weighted by Crippen LogP contribution is -2.30. The number of nitrogens with zero attached hydrogens (tertiary/aromatic N) is 1. The van der Waals surface area contributed by atoms with Crippen molar-refractivity contribution in [2.24, 2.45) is 11.3 Å². The number of ether oxygens (including phenoxy) is 1. The van der Waals surface area contributed by atoms with Crippen molar-refractivity contribution < 1.29 is 9.53 Å². The van der Waals surface area contributed by atoms with Gasteiger partial charge in [-0.2, -0.15) is 5.26 Å². The quantitative estimate of drug-likeness (QED) is 0.635. The Morgan fingerprint density at radius 3 is 2.27 bits per heavy atom. The van der Waals surface area contributed by atoms with Crippen LogP contribution in [0.15, 0.2) is 0 Å². The molecule has 0 aromatic rings. The Balaban J connectivity index is 4.57. The van der Waals surface area contributed by atoms with E-state index in [2.05, 4.69) is 19.9 Å². The van der Waals surface area contributed by atoms with Gasteiger partial charge in [0.2, 0.25) is 0 Å². The third kappa shape index (κ3) is 3.91. The van der Waals surface area contributed by atoms with Crippen LogP contribution in [-0.2, 0) is 9.53 Å². The second-order valence-electron chi connectivity index (χ2n) is 4.05. The number of carbonyl (C=O) groups is 1. The third-order valence-electron chi connectivity index (χ3n) is 2.82. The smallest absolute Gasteiger partial charge is 0.326 e. The van der Waals surface area contributed by atoms with Crippen LogP contribution in [-0.4, -0.2) is 12.6 Å². The molecule has 0 saturated heterocycles. The predicted octanol–water partition coefficient (Wildman–Crippen LogP) is 2.91. The number of nitriles is 1. The molecule has 0 bridgehead atoms. The Labute approximate surface area is 92.4 Å². The SMILES string of the molecule is CCOC(=O)C(C)(C#N)CC(CC)CC. The molecule has 0 saturated carbocycles. The fourth-order valence-electron chi connectivity index (χ4n) is 1.62. The zero-order valence-electron chi connectivity index (χ0n) is 10.2. The first-order valence-corrected chi connectivity index (χ1v) is 5.62. The second kappa shape index (κ2) is 6.44. The van der Waals surface area contributed by atoms with Gasteiger partial charge in [-0.25, -0.2) is 0 Å².